The monoisotopic (exact) mass is 307 g/mol. The van der Waals surface area contributed by atoms with E-state index in [9.17, 15) is 4.79 Å². The molecule has 116 valence electrons. The van der Waals surface area contributed by atoms with Crippen molar-refractivity contribution in [1.82, 2.24) is 9.88 Å². The Bertz CT molecular complexity index is 496. The van der Waals surface area contributed by atoms with Gasteiger partial charge in [-0.2, -0.15) is 11.8 Å². The molecule has 21 heavy (non-hydrogen) atoms. The lowest BCUT2D eigenvalue weighted by Crippen LogP contribution is -2.44. The fourth-order valence-corrected chi connectivity index (χ4v) is 3.99. The van der Waals surface area contributed by atoms with Crippen LogP contribution in [0.2, 0.25) is 0 Å². The number of carbonyl (C=O) groups excluding carboxylic acids is 1. The standard InChI is InChI=1S/C16H25N3OS/c1-5-6-17-15-8-14(7-11(2)18-15)16(20)19-9-12(3)21-13(4)10-19/h7-8,12-13H,5-6,9-10H2,1-4H3,(H,17,18). The van der Waals surface area contributed by atoms with Crippen LogP contribution in [-0.2, 0) is 0 Å². The Morgan fingerprint density at radius 3 is 2.67 bits per heavy atom. The molecule has 0 radical (unpaired) electrons. The molecule has 1 N–H and O–H groups in total. The summed E-state index contributed by atoms with van der Waals surface area (Å²) < 4.78 is 0. The second-order valence-electron chi connectivity index (χ2n) is 5.78. The molecule has 0 bridgehead atoms. The van der Waals surface area contributed by atoms with Gasteiger partial charge in [-0.25, -0.2) is 4.98 Å². The van der Waals surface area contributed by atoms with Gasteiger partial charge in [0, 0.05) is 41.4 Å². The van der Waals surface area contributed by atoms with Gasteiger partial charge in [0.15, 0.2) is 0 Å². The van der Waals surface area contributed by atoms with E-state index in [1.165, 1.54) is 0 Å². The van der Waals surface area contributed by atoms with E-state index in [4.69, 9.17) is 0 Å². The minimum Gasteiger partial charge on any atom is -0.370 e. The molecule has 1 aliphatic heterocycles. The smallest absolute Gasteiger partial charge is 0.254 e. The number of nitrogens with one attached hydrogen (secondary N) is 1. The van der Waals surface area contributed by atoms with Gasteiger partial charge >= 0.3 is 0 Å². The van der Waals surface area contributed by atoms with Crippen LogP contribution in [0.5, 0.6) is 0 Å². The number of aromatic nitrogens is 1. The summed E-state index contributed by atoms with van der Waals surface area (Å²) in [4.78, 5) is 19.1. The Hall–Kier alpha value is -1.23. The van der Waals surface area contributed by atoms with Gasteiger partial charge < -0.3 is 10.2 Å². The van der Waals surface area contributed by atoms with Crippen LogP contribution in [0.25, 0.3) is 0 Å². The van der Waals surface area contributed by atoms with Crippen molar-refractivity contribution in [2.45, 2.75) is 44.6 Å². The number of thioether (sulfide) groups is 1. The lowest BCUT2D eigenvalue weighted by molar-refractivity contribution is 0.0753. The number of rotatable bonds is 4. The van der Waals surface area contributed by atoms with Crippen molar-refractivity contribution in [3.05, 3.63) is 23.4 Å². The summed E-state index contributed by atoms with van der Waals surface area (Å²) in [6.07, 6.45) is 1.04. The van der Waals surface area contributed by atoms with Crippen LogP contribution in [-0.4, -0.2) is 45.9 Å². The predicted molar refractivity (Wildman–Crippen MR) is 90.2 cm³/mol. The topological polar surface area (TPSA) is 45.2 Å². The summed E-state index contributed by atoms with van der Waals surface area (Å²) in [6, 6.07) is 3.76. The minimum atomic E-state index is 0.124. The Balaban J connectivity index is 2.16. The molecule has 0 aliphatic carbocycles. The molecule has 0 spiro atoms. The van der Waals surface area contributed by atoms with Crippen molar-refractivity contribution >= 4 is 23.5 Å². The highest BCUT2D eigenvalue weighted by atomic mass is 32.2. The van der Waals surface area contributed by atoms with Gasteiger partial charge in [0.25, 0.3) is 5.91 Å². The van der Waals surface area contributed by atoms with Crippen LogP contribution >= 0.6 is 11.8 Å². The SMILES string of the molecule is CCCNc1cc(C(=O)N2CC(C)SC(C)C2)cc(C)n1. The zero-order chi connectivity index (χ0) is 15.4. The molecule has 1 aliphatic rings. The van der Waals surface area contributed by atoms with E-state index in [1.807, 2.05) is 35.7 Å². The van der Waals surface area contributed by atoms with Gasteiger partial charge in [-0.3, -0.25) is 4.79 Å². The zero-order valence-corrected chi connectivity index (χ0v) is 14.2. The van der Waals surface area contributed by atoms with Crippen molar-refractivity contribution in [3.8, 4) is 0 Å². The van der Waals surface area contributed by atoms with Gasteiger partial charge in [-0.15, -0.1) is 0 Å². The normalized spacial score (nSPS) is 22.2. The molecular weight excluding hydrogens is 282 g/mol. The van der Waals surface area contributed by atoms with E-state index in [1.54, 1.807) is 0 Å². The molecular formula is C16H25N3OS. The van der Waals surface area contributed by atoms with Crippen molar-refractivity contribution in [2.75, 3.05) is 25.0 Å². The Morgan fingerprint density at radius 1 is 1.38 bits per heavy atom. The van der Waals surface area contributed by atoms with E-state index in [2.05, 4.69) is 31.1 Å². The number of hydrogen-bond donors (Lipinski definition) is 1. The van der Waals surface area contributed by atoms with Gasteiger partial charge in [0.05, 0.1) is 0 Å². The van der Waals surface area contributed by atoms with Crippen LogP contribution in [0, 0.1) is 6.92 Å². The van der Waals surface area contributed by atoms with E-state index in [0.29, 0.717) is 10.5 Å². The van der Waals surface area contributed by atoms with Gasteiger partial charge in [0.1, 0.15) is 5.82 Å². The highest BCUT2D eigenvalue weighted by Crippen LogP contribution is 2.26. The van der Waals surface area contributed by atoms with Crippen molar-refractivity contribution in [3.63, 3.8) is 0 Å². The summed E-state index contributed by atoms with van der Waals surface area (Å²) in [5, 5.41) is 4.26. The van der Waals surface area contributed by atoms with Crippen molar-refractivity contribution in [2.24, 2.45) is 0 Å². The van der Waals surface area contributed by atoms with Crippen LogP contribution in [0.15, 0.2) is 12.1 Å². The maximum absolute atomic E-state index is 12.7. The summed E-state index contributed by atoms with van der Waals surface area (Å²) in [5.41, 5.74) is 1.62. The zero-order valence-electron chi connectivity index (χ0n) is 13.3. The molecule has 1 amide bonds. The molecule has 1 saturated heterocycles. The maximum Gasteiger partial charge on any atom is 0.254 e. The summed E-state index contributed by atoms with van der Waals surface area (Å²) in [7, 11) is 0. The first-order valence-corrected chi connectivity index (χ1v) is 8.61. The Labute approximate surface area is 131 Å². The highest BCUT2D eigenvalue weighted by molar-refractivity contribution is 8.00. The molecule has 2 unspecified atom stereocenters. The largest absolute Gasteiger partial charge is 0.370 e. The average molecular weight is 307 g/mol. The molecule has 1 aromatic heterocycles. The van der Waals surface area contributed by atoms with Crippen LogP contribution in [0.1, 0.15) is 43.2 Å². The summed E-state index contributed by atoms with van der Waals surface area (Å²) in [6.45, 7) is 11.0. The quantitative estimate of drug-likeness (QED) is 0.928. The first-order valence-electron chi connectivity index (χ1n) is 7.67. The summed E-state index contributed by atoms with van der Waals surface area (Å²) >= 11 is 1.96. The molecule has 2 rings (SSSR count). The first kappa shape index (κ1) is 16.1. The molecule has 1 fully saturated rings. The van der Waals surface area contributed by atoms with Gasteiger partial charge in [-0.05, 0) is 25.5 Å². The lowest BCUT2D eigenvalue weighted by Gasteiger charge is -2.34. The molecule has 5 heteroatoms. The third-order valence-corrected chi connectivity index (χ3v) is 4.69. The number of nitrogens with zero attached hydrogens (tertiary/aromatic N) is 2. The van der Waals surface area contributed by atoms with Crippen LogP contribution < -0.4 is 5.32 Å². The van der Waals surface area contributed by atoms with E-state index in [-0.39, 0.29) is 5.91 Å². The van der Waals surface area contributed by atoms with Gasteiger partial charge in [-0.1, -0.05) is 20.8 Å². The van der Waals surface area contributed by atoms with E-state index < -0.39 is 0 Å². The first-order chi connectivity index (χ1) is 9.99. The maximum atomic E-state index is 12.7. The van der Waals surface area contributed by atoms with Crippen LogP contribution in [0.3, 0.4) is 0 Å². The molecule has 2 heterocycles. The second-order valence-corrected chi connectivity index (χ2v) is 7.66. The molecule has 2 atom stereocenters. The molecule has 1 aromatic rings. The van der Waals surface area contributed by atoms with Gasteiger partial charge in [0.2, 0.25) is 0 Å². The number of hydrogen-bond acceptors (Lipinski definition) is 4. The van der Waals surface area contributed by atoms with Crippen LogP contribution in [0.4, 0.5) is 5.82 Å². The highest BCUT2D eigenvalue weighted by Gasteiger charge is 2.26. The fourth-order valence-electron chi connectivity index (χ4n) is 2.66. The molecule has 0 aromatic carbocycles. The Kier molecular flexibility index (Phi) is 5.51. The summed E-state index contributed by atoms with van der Waals surface area (Å²) in [5.74, 6) is 0.923. The second kappa shape index (κ2) is 7.16. The van der Waals surface area contributed by atoms with E-state index >= 15 is 0 Å². The van der Waals surface area contributed by atoms with E-state index in [0.717, 1.165) is 43.1 Å². The number of carbonyl (C=O) groups is 1. The number of pyridine rings is 1. The molecule has 0 saturated carbocycles. The predicted octanol–water partition coefficient (Wildman–Crippen LogP) is 3.18. The third-order valence-electron chi connectivity index (χ3n) is 3.46. The number of amides is 1. The molecule has 4 nitrogen and oxygen atoms in total. The van der Waals surface area contributed by atoms with Crippen molar-refractivity contribution in [1.29, 1.82) is 0 Å². The Morgan fingerprint density at radius 2 is 2.05 bits per heavy atom. The number of anilines is 1. The lowest BCUT2D eigenvalue weighted by atomic mass is 10.1. The number of aryl methyl sites for hydroxylation is 1. The average Bonchev–Trinajstić information content (AvgIpc) is 2.42. The van der Waals surface area contributed by atoms with Crippen molar-refractivity contribution < 1.29 is 4.79 Å². The minimum absolute atomic E-state index is 0.124. The third kappa shape index (κ3) is 4.37. The fraction of sp³-hybridized carbons (Fsp3) is 0.625.